The number of halogens is 1. The number of likely N-dealkylation sites (tertiary alicyclic amines) is 1. The maximum atomic E-state index is 5.74. The van der Waals surface area contributed by atoms with Gasteiger partial charge in [-0.1, -0.05) is 6.42 Å². The van der Waals surface area contributed by atoms with Gasteiger partial charge < -0.3 is 15.1 Å². The maximum Gasteiger partial charge on any atom is 0.191 e. The molecule has 2 aromatic rings. The van der Waals surface area contributed by atoms with E-state index in [-0.39, 0.29) is 30.0 Å². The fourth-order valence-corrected chi connectivity index (χ4v) is 4.27. The summed E-state index contributed by atoms with van der Waals surface area (Å²) in [5, 5.41) is 7.91. The highest BCUT2D eigenvalue weighted by molar-refractivity contribution is 14.0. The Kier molecular flexibility index (Phi) is 9.73. The number of nitrogens with one attached hydrogen (secondary N) is 2. The lowest BCUT2D eigenvalue weighted by Crippen LogP contribution is -2.44. The average Bonchev–Trinajstić information content (AvgIpc) is 3.31. The maximum absolute atomic E-state index is 5.74. The minimum absolute atomic E-state index is 0. The second-order valence-corrected chi connectivity index (χ2v) is 8.24. The standard InChI is InChI=1S/C20H31N5OS.HI/c1-4-21-20(23-14-19-24-15(2)16(3)27-19)22-13-17(18-9-8-12-26-18)25-10-6-5-7-11-25;/h8-9,12,17H,4-7,10-11,13-14H2,1-3H3,(H2,21,22,23);1H. The second-order valence-electron chi connectivity index (χ2n) is 6.95. The van der Waals surface area contributed by atoms with Crippen molar-refractivity contribution in [3.05, 3.63) is 39.7 Å². The van der Waals surface area contributed by atoms with Crippen LogP contribution in [0.25, 0.3) is 0 Å². The number of aryl methyl sites for hydroxylation is 2. The first-order chi connectivity index (χ1) is 13.2. The summed E-state index contributed by atoms with van der Waals surface area (Å²) in [5.41, 5.74) is 1.10. The van der Waals surface area contributed by atoms with E-state index < -0.39 is 0 Å². The van der Waals surface area contributed by atoms with Crippen LogP contribution in [0.15, 0.2) is 27.8 Å². The summed E-state index contributed by atoms with van der Waals surface area (Å²) in [6.07, 6.45) is 5.60. The van der Waals surface area contributed by atoms with Gasteiger partial charge in [-0.2, -0.15) is 0 Å². The van der Waals surface area contributed by atoms with Crippen LogP contribution in [-0.2, 0) is 6.54 Å². The van der Waals surface area contributed by atoms with Crippen molar-refractivity contribution in [3.8, 4) is 0 Å². The van der Waals surface area contributed by atoms with Crippen molar-refractivity contribution in [1.29, 1.82) is 0 Å². The normalized spacial score (nSPS) is 16.5. The Labute approximate surface area is 189 Å². The summed E-state index contributed by atoms with van der Waals surface area (Å²) in [6, 6.07) is 4.28. The predicted octanol–water partition coefficient (Wildman–Crippen LogP) is 4.25. The van der Waals surface area contributed by atoms with E-state index in [4.69, 9.17) is 9.41 Å². The summed E-state index contributed by atoms with van der Waals surface area (Å²) >= 11 is 1.72. The Hall–Kier alpha value is -1.13. The molecule has 1 fully saturated rings. The van der Waals surface area contributed by atoms with Gasteiger partial charge in [-0.05, 0) is 58.8 Å². The number of nitrogens with zero attached hydrogens (tertiary/aromatic N) is 3. The molecule has 1 aliphatic rings. The van der Waals surface area contributed by atoms with Crippen molar-refractivity contribution in [3.63, 3.8) is 0 Å². The summed E-state index contributed by atoms with van der Waals surface area (Å²) in [7, 11) is 0. The lowest BCUT2D eigenvalue weighted by Gasteiger charge is -2.33. The Morgan fingerprint density at radius 1 is 1.29 bits per heavy atom. The van der Waals surface area contributed by atoms with Gasteiger partial charge in [-0.3, -0.25) is 4.90 Å². The van der Waals surface area contributed by atoms with E-state index in [1.807, 2.05) is 6.07 Å². The minimum Gasteiger partial charge on any atom is -0.468 e. The number of aliphatic imine (C=N–C) groups is 1. The van der Waals surface area contributed by atoms with Crippen molar-refractivity contribution < 1.29 is 4.42 Å². The number of furan rings is 1. The SMILES string of the molecule is CCNC(=NCc1nc(C)c(C)s1)NCC(c1ccco1)N1CCCCC1.I. The first-order valence-electron chi connectivity index (χ1n) is 9.90. The number of rotatable bonds is 7. The molecule has 0 amide bonds. The van der Waals surface area contributed by atoms with Gasteiger partial charge in [0.25, 0.3) is 0 Å². The van der Waals surface area contributed by atoms with E-state index in [9.17, 15) is 0 Å². The molecule has 6 nitrogen and oxygen atoms in total. The highest BCUT2D eigenvalue weighted by Crippen LogP contribution is 2.24. The van der Waals surface area contributed by atoms with E-state index in [1.54, 1.807) is 17.6 Å². The van der Waals surface area contributed by atoms with Gasteiger partial charge in [0, 0.05) is 18.0 Å². The van der Waals surface area contributed by atoms with E-state index in [2.05, 4.69) is 47.4 Å². The molecule has 2 aromatic heterocycles. The third-order valence-electron chi connectivity index (χ3n) is 4.96. The van der Waals surface area contributed by atoms with Gasteiger partial charge >= 0.3 is 0 Å². The second kappa shape index (κ2) is 11.8. The Balaban J connectivity index is 0.00000280. The number of piperidine rings is 1. The van der Waals surface area contributed by atoms with Crippen LogP contribution in [0, 0.1) is 13.8 Å². The Bertz CT molecular complexity index is 706. The molecule has 1 unspecified atom stereocenters. The van der Waals surface area contributed by atoms with Crippen molar-refractivity contribution in [2.24, 2.45) is 4.99 Å². The lowest BCUT2D eigenvalue weighted by atomic mass is 10.1. The molecule has 156 valence electrons. The van der Waals surface area contributed by atoms with Crippen LogP contribution in [0.2, 0.25) is 0 Å². The van der Waals surface area contributed by atoms with Crippen LogP contribution in [0.1, 0.15) is 53.6 Å². The van der Waals surface area contributed by atoms with Crippen molar-refractivity contribution in [2.75, 3.05) is 26.2 Å². The van der Waals surface area contributed by atoms with Gasteiger partial charge in [-0.25, -0.2) is 9.98 Å². The molecule has 0 aromatic carbocycles. The summed E-state index contributed by atoms with van der Waals surface area (Å²) in [6.45, 7) is 10.7. The first-order valence-corrected chi connectivity index (χ1v) is 10.7. The number of hydrogen-bond acceptors (Lipinski definition) is 5. The molecule has 1 aliphatic heterocycles. The van der Waals surface area contributed by atoms with Gasteiger partial charge in [0.15, 0.2) is 5.96 Å². The van der Waals surface area contributed by atoms with Crippen molar-refractivity contribution in [2.45, 2.75) is 52.6 Å². The quantitative estimate of drug-likeness (QED) is 0.327. The third-order valence-corrected chi connectivity index (χ3v) is 6.01. The van der Waals surface area contributed by atoms with E-state index in [0.29, 0.717) is 6.54 Å². The van der Waals surface area contributed by atoms with E-state index in [0.717, 1.165) is 48.6 Å². The highest BCUT2D eigenvalue weighted by atomic mass is 127. The first kappa shape index (κ1) is 23.2. The molecular formula is C20H32IN5OS. The number of hydrogen-bond donors (Lipinski definition) is 2. The molecule has 28 heavy (non-hydrogen) atoms. The molecule has 1 saturated heterocycles. The molecular weight excluding hydrogens is 485 g/mol. The Morgan fingerprint density at radius 2 is 2.07 bits per heavy atom. The van der Waals surface area contributed by atoms with Crippen LogP contribution in [-0.4, -0.2) is 42.0 Å². The zero-order chi connectivity index (χ0) is 19.1. The van der Waals surface area contributed by atoms with Crippen LogP contribution >= 0.6 is 35.3 Å². The zero-order valence-corrected chi connectivity index (χ0v) is 20.2. The molecule has 0 radical (unpaired) electrons. The molecule has 3 heterocycles. The summed E-state index contributed by atoms with van der Waals surface area (Å²) in [4.78, 5) is 13.1. The van der Waals surface area contributed by atoms with Crippen LogP contribution in [0.5, 0.6) is 0 Å². The van der Waals surface area contributed by atoms with Crippen LogP contribution < -0.4 is 10.6 Å². The highest BCUT2D eigenvalue weighted by Gasteiger charge is 2.24. The largest absolute Gasteiger partial charge is 0.468 e. The van der Waals surface area contributed by atoms with Gasteiger partial charge in [0.05, 0.1) is 24.5 Å². The molecule has 2 N–H and O–H groups in total. The third kappa shape index (κ3) is 6.45. The Morgan fingerprint density at radius 3 is 2.68 bits per heavy atom. The topological polar surface area (TPSA) is 65.7 Å². The van der Waals surface area contributed by atoms with Crippen molar-refractivity contribution in [1.82, 2.24) is 20.5 Å². The smallest absolute Gasteiger partial charge is 0.191 e. The molecule has 0 spiro atoms. The molecule has 8 heteroatoms. The van der Waals surface area contributed by atoms with Crippen LogP contribution in [0.4, 0.5) is 0 Å². The summed E-state index contributed by atoms with van der Waals surface area (Å²) in [5.74, 6) is 1.85. The lowest BCUT2D eigenvalue weighted by molar-refractivity contribution is 0.146. The average molecular weight is 517 g/mol. The fraction of sp³-hybridized carbons (Fsp3) is 0.600. The van der Waals surface area contributed by atoms with Gasteiger partial charge in [0.1, 0.15) is 10.8 Å². The molecule has 1 atom stereocenters. The molecule has 3 rings (SSSR count). The number of aromatic nitrogens is 1. The molecule has 0 bridgehead atoms. The van der Waals surface area contributed by atoms with Crippen molar-refractivity contribution >= 4 is 41.3 Å². The van der Waals surface area contributed by atoms with E-state index >= 15 is 0 Å². The van der Waals surface area contributed by atoms with Gasteiger partial charge in [0.2, 0.25) is 0 Å². The fourth-order valence-electron chi connectivity index (χ4n) is 3.41. The van der Waals surface area contributed by atoms with Crippen LogP contribution in [0.3, 0.4) is 0 Å². The molecule has 0 aliphatic carbocycles. The summed E-state index contributed by atoms with van der Waals surface area (Å²) < 4.78 is 5.74. The molecule has 0 saturated carbocycles. The number of thiazole rings is 1. The monoisotopic (exact) mass is 517 g/mol. The zero-order valence-electron chi connectivity index (χ0n) is 17.0. The minimum atomic E-state index is 0. The van der Waals surface area contributed by atoms with E-state index in [1.165, 1.54) is 24.1 Å². The predicted molar refractivity (Wildman–Crippen MR) is 127 cm³/mol. The number of guanidine groups is 1. The van der Waals surface area contributed by atoms with Gasteiger partial charge in [-0.15, -0.1) is 35.3 Å².